The van der Waals surface area contributed by atoms with Crippen LogP contribution in [0.4, 0.5) is 5.69 Å². The highest BCUT2D eigenvalue weighted by Crippen LogP contribution is 2.18. The molecule has 0 fully saturated rings. The van der Waals surface area contributed by atoms with Gasteiger partial charge in [0.25, 0.3) is 0 Å². The summed E-state index contributed by atoms with van der Waals surface area (Å²) in [4.78, 5) is 23.0. The summed E-state index contributed by atoms with van der Waals surface area (Å²) in [6, 6.07) is 12.9. The van der Waals surface area contributed by atoms with Crippen LogP contribution < -0.4 is 5.32 Å². The maximum absolute atomic E-state index is 12.0. The molecular weight excluding hydrogens is 310 g/mol. The van der Waals surface area contributed by atoms with Gasteiger partial charge in [-0.05, 0) is 37.1 Å². The van der Waals surface area contributed by atoms with Crippen molar-refractivity contribution in [1.29, 1.82) is 0 Å². The van der Waals surface area contributed by atoms with Crippen LogP contribution in [0.1, 0.15) is 27.0 Å². The largest absolute Gasteiger partial charge is 0.478 e. The third kappa shape index (κ3) is 5.14. The molecule has 0 atom stereocenters. The molecule has 23 heavy (non-hydrogen) atoms. The molecule has 0 aliphatic rings. The number of carbonyl (C=O) groups is 2. The highest BCUT2D eigenvalue weighted by molar-refractivity contribution is 7.99. The van der Waals surface area contributed by atoms with Crippen molar-refractivity contribution in [2.45, 2.75) is 19.6 Å². The van der Waals surface area contributed by atoms with Crippen LogP contribution >= 0.6 is 11.8 Å². The van der Waals surface area contributed by atoms with Crippen molar-refractivity contribution in [1.82, 2.24) is 0 Å². The Hall–Kier alpha value is -2.27. The fraction of sp³-hybridized carbons (Fsp3) is 0.222. The van der Waals surface area contributed by atoms with Gasteiger partial charge in [-0.3, -0.25) is 4.79 Å². The van der Waals surface area contributed by atoms with Crippen molar-refractivity contribution in [3.05, 3.63) is 64.7 Å². The minimum atomic E-state index is -1.01. The molecule has 2 aromatic rings. The standard InChI is InChI=1S/C18H19NO3S/c1-12-4-3-5-14(8-12)10-23-11-17(20)19-16-9-15(18(21)22)7-6-13(16)2/h3-9H,10-11H2,1-2H3,(H,19,20)(H,21,22). The molecule has 0 saturated heterocycles. The fourth-order valence-electron chi connectivity index (χ4n) is 2.14. The van der Waals surface area contributed by atoms with Crippen molar-refractivity contribution >= 4 is 29.3 Å². The van der Waals surface area contributed by atoms with E-state index in [4.69, 9.17) is 5.11 Å². The van der Waals surface area contributed by atoms with Crippen molar-refractivity contribution in [3.8, 4) is 0 Å². The van der Waals surface area contributed by atoms with E-state index in [9.17, 15) is 9.59 Å². The first kappa shape index (κ1) is 17.1. The van der Waals surface area contributed by atoms with Gasteiger partial charge in [0.1, 0.15) is 0 Å². The number of benzene rings is 2. The predicted octanol–water partition coefficient (Wildman–Crippen LogP) is 3.87. The first-order chi connectivity index (χ1) is 11.0. The summed E-state index contributed by atoms with van der Waals surface area (Å²) in [5.41, 5.74) is 3.94. The van der Waals surface area contributed by atoms with Crippen LogP contribution in [-0.2, 0) is 10.5 Å². The van der Waals surface area contributed by atoms with E-state index < -0.39 is 5.97 Å². The zero-order valence-electron chi connectivity index (χ0n) is 13.1. The second-order valence-corrected chi connectivity index (χ2v) is 6.35. The van der Waals surface area contributed by atoms with E-state index in [0.29, 0.717) is 11.4 Å². The minimum absolute atomic E-state index is 0.131. The molecule has 120 valence electrons. The zero-order valence-corrected chi connectivity index (χ0v) is 13.9. The van der Waals surface area contributed by atoms with E-state index in [0.717, 1.165) is 11.3 Å². The molecule has 0 aliphatic carbocycles. The Kier molecular flexibility index (Phi) is 5.82. The summed E-state index contributed by atoms with van der Waals surface area (Å²) in [5.74, 6) is -0.0453. The number of rotatable bonds is 6. The lowest BCUT2D eigenvalue weighted by Gasteiger charge is -2.09. The first-order valence-electron chi connectivity index (χ1n) is 7.23. The number of carbonyl (C=O) groups excluding carboxylic acids is 1. The quantitative estimate of drug-likeness (QED) is 0.844. The van der Waals surface area contributed by atoms with Crippen LogP contribution in [0.3, 0.4) is 0 Å². The van der Waals surface area contributed by atoms with Crippen molar-refractivity contribution in [2.24, 2.45) is 0 Å². The summed E-state index contributed by atoms with van der Waals surface area (Å²) in [6.45, 7) is 3.88. The van der Waals surface area contributed by atoms with Gasteiger partial charge in [-0.2, -0.15) is 0 Å². The molecule has 0 heterocycles. The lowest BCUT2D eigenvalue weighted by molar-refractivity contribution is -0.113. The average molecular weight is 329 g/mol. The van der Waals surface area contributed by atoms with Crippen molar-refractivity contribution in [3.63, 3.8) is 0 Å². The second-order valence-electron chi connectivity index (χ2n) is 5.36. The first-order valence-corrected chi connectivity index (χ1v) is 8.38. The molecule has 0 saturated carbocycles. The Labute approximate surface area is 139 Å². The van der Waals surface area contributed by atoms with Crippen LogP contribution in [0.25, 0.3) is 0 Å². The van der Waals surface area contributed by atoms with Gasteiger partial charge in [0.05, 0.1) is 11.3 Å². The summed E-state index contributed by atoms with van der Waals surface area (Å²) in [7, 11) is 0. The highest BCUT2D eigenvalue weighted by Gasteiger charge is 2.09. The molecule has 2 rings (SSSR count). The number of carboxylic acids is 1. The summed E-state index contributed by atoms with van der Waals surface area (Å²) >= 11 is 1.53. The topological polar surface area (TPSA) is 66.4 Å². The Morgan fingerprint density at radius 2 is 1.91 bits per heavy atom. The summed E-state index contributed by atoms with van der Waals surface area (Å²) in [5, 5.41) is 11.8. The lowest BCUT2D eigenvalue weighted by Crippen LogP contribution is -2.15. The zero-order chi connectivity index (χ0) is 16.8. The number of thioether (sulfide) groups is 1. The molecule has 2 N–H and O–H groups in total. The van der Waals surface area contributed by atoms with Crippen LogP contribution in [-0.4, -0.2) is 22.7 Å². The van der Waals surface area contributed by atoms with E-state index in [2.05, 4.69) is 11.4 Å². The van der Waals surface area contributed by atoms with Gasteiger partial charge in [0.15, 0.2) is 0 Å². The lowest BCUT2D eigenvalue weighted by atomic mass is 10.1. The number of aromatic carboxylic acids is 1. The molecule has 4 nitrogen and oxygen atoms in total. The molecule has 5 heteroatoms. The van der Waals surface area contributed by atoms with Gasteiger partial charge in [0, 0.05) is 11.4 Å². The van der Waals surface area contributed by atoms with Gasteiger partial charge in [-0.15, -0.1) is 11.8 Å². The van der Waals surface area contributed by atoms with Gasteiger partial charge in [-0.25, -0.2) is 4.79 Å². The third-order valence-corrected chi connectivity index (χ3v) is 4.35. The molecule has 0 bridgehead atoms. The molecule has 0 spiro atoms. The SMILES string of the molecule is Cc1cccc(CSCC(=O)Nc2cc(C(=O)O)ccc2C)c1. The Morgan fingerprint density at radius 1 is 1.13 bits per heavy atom. The predicted molar refractivity (Wildman–Crippen MR) is 94.1 cm³/mol. The number of amides is 1. The van der Waals surface area contributed by atoms with E-state index in [1.54, 1.807) is 6.07 Å². The highest BCUT2D eigenvalue weighted by atomic mass is 32.2. The van der Waals surface area contributed by atoms with E-state index in [-0.39, 0.29) is 11.5 Å². The van der Waals surface area contributed by atoms with Crippen molar-refractivity contribution < 1.29 is 14.7 Å². The molecule has 2 aromatic carbocycles. The van der Waals surface area contributed by atoms with Crippen LogP contribution in [0.15, 0.2) is 42.5 Å². The molecule has 0 radical (unpaired) electrons. The minimum Gasteiger partial charge on any atom is -0.478 e. The van der Waals surface area contributed by atoms with Crippen LogP contribution in [0.2, 0.25) is 0 Å². The maximum atomic E-state index is 12.0. The van der Waals surface area contributed by atoms with Gasteiger partial charge >= 0.3 is 5.97 Å². The number of nitrogens with one attached hydrogen (secondary N) is 1. The number of hydrogen-bond donors (Lipinski definition) is 2. The number of aryl methyl sites for hydroxylation is 2. The van der Waals surface area contributed by atoms with Gasteiger partial charge in [0.2, 0.25) is 5.91 Å². The van der Waals surface area contributed by atoms with Gasteiger partial charge < -0.3 is 10.4 Å². The van der Waals surface area contributed by atoms with E-state index >= 15 is 0 Å². The Bertz CT molecular complexity index is 728. The molecule has 1 amide bonds. The monoisotopic (exact) mass is 329 g/mol. The second kappa shape index (κ2) is 7.83. The smallest absolute Gasteiger partial charge is 0.335 e. The summed E-state index contributed by atoms with van der Waals surface area (Å²) < 4.78 is 0. The fourth-order valence-corrected chi connectivity index (χ4v) is 2.91. The van der Waals surface area contributed by atoms with E-state index in [1.807, 2.05) is 32.0 Å². The van der Waals surface area contributed by atoms with E-state index in [1.165, 1.54) is 35.0 Å². The molecule has 0 unspecified atom stereocenters. The van der Waals surface area contributed by atoms with Crippen LogP contribution in [0.5, 0.6) is 0 Å². The number of anilines is 1. The average Bonchev–Trinajstić information content (AvgIpc) is 2.49. The van der Waals surface area contributed by atoms with Crippen LogP contribution in [0, 0.1) is 13.8 Å². The molecular formula is C18H19NO3S. The number of hydrogen-bond acceptors (Lipinski definition) is 3. The van der Waals surface area contributed by atoms with Gasteiger partial charge in [-0.1, -0.05) is 35.9 Å². The normalized spacial score (nSPS) is 10.3. The molecule has 0 aromatic heterocycles. The number of carboxylic acid groups (broad SMARTS) is 1. The summed E-state index contributed by atoms with van der Waals surface area (Å²) in [6.07, 6.45) is 0. The molecule has 0 aliphatic heterocycles. The Balaban J connectivity index is 1.90. The maximum Gasteiger partial charge on any atom is 0.335 e. The Morgan fingerprint density at radius 3 is 2.61 bits per heavy atom. The third-order valence-electron chi connectivity index (χ3n) is 3.34. The van der Waals surface area contributed by atoms with Crippen molar-refractivity contribution in [2.75, 3.05) is 11.1 Å².